The summed E-state index contributed by atoms with van der Waals surface area (Å²) >= 11 is 0. The summed E-state index contributed by atoms with van der Waals surface area (Å²) in [7, 11) is 1.95. The molecule has 1 N–H and O–H groups in total. The van der Waals surface area contributed by atoms with E-state index in [4.69, 9.17) is 5.26 Å². The molecule has 0 radical (unpaired) electrons. The van der Waals surface area contributed by atoms with Crippen LogP contribution < -0.4 is 5.32 Å². The van der Waals surface area contributed by atoms with Crippen LogP contribution in [0.4, 0.5) is 5.69 Å². The summed E-state index contributed by atoms with van der Waals surface area (Å²) in [5, 5.41) is 12.1. The van der Waals surface area contributed by atoms with Crippen molar-refractivity contribution in [1.82, 2.24) is 9.55 Å². The third-order valence-electron chi connectivity index (χ3n) is 3.60. The van der Waals surface area contributed by atoms with Gasteiger partial charge in [-0.25, -0.2) is 4.98 Å². The summed E-state index contributed by atoms with van der Waals surface area (Å²) in [5.74, 6) is 0.877. The number of nitriles is 1. The van der Waals surface area contributed by atoms with Gasteiger partial charge >= 0.3 is 0 Å². The lowest BCUT2D eigenvalue weighted by molar-refractivity contribution is 0.112. The van der Waals surface area contributed by atoms with E-state index in [0.717, 1.165) is 28.8 Å². The fourth-order valence-electron chi connectivity index (χ4n) is 2.34. The average molecular weight is 290 g/mol. The summed E-state index contributed by atoms with van der Waals surface area (Å²) in [4.78, 5) is 15.4. The van der Waals surface area contributed by atoms with E-state index in [1.165, 1.54) is 0 Å². The van der Waals surface area contributed by atoms with Crippen LogP contribution in [-0.2, 0) is 13.6 Å². The normalized spacial score (nSPS) is 10.4. The van der Waals surface area contributed by atoms with Crippen LogP contribution in [-0.4, -0.2) is 15.8 Å². The minimum atomic E-state index is 0.563. The van der Waals surface area contributed by atoms with Crippen molar-refractivity contribution < 1.29 is 4.79 Å². The number of hydrogen-bond donors (Lipinski definition) is 1. The third-order valence-corrected chi connectivity index (χ3v) is 3.60. The van der Waals surface area contributed by atoms with E-state index in [1.54, 1.807) is 24.3 Å². The standard InChI is InChI=1S/C17H14N4O/c1-21-16-7-4-13(11-22)8-15(16)20-17(21)10-19-14-5-2-12(9-18)3-6-14/h2-8,11,19H,10H2,1H3. The first-order valence-electron chi connectivity index (χ1n) is 6.86. The molecule has 5 nitrogen and oxygen atoms in total. The molecule has 0 aliphatic heterocycles. The Labute approximate surface area is 127 Å². The molecule has 0 amide bonds. The van der Waals surface area contributed by atoms with Crippen LogP contribution in [0.15, 0.2) is 42.5 Å². The minimum absolute atomic E-state index is 0.563. The monoisotopic (exact) mass is 290 g/mol. The van der Waals surface area contributed by atoms with Gasteiger partial charge < -0.3 is 9.88 Å². The van der Waals surface area contributed by atoms with E-state index in [9.17, 15) is 4.79 Å². The minimum Gasteiger partial charge on any atom is -0.378 e. The smallest absolute Gasteiger partial charge is 0.150 e. The van der Waals surface area contributed by atoms with Crippen molar-refractivity contribution in [3.05, 3.63) is 59.4 Å². The van der Waals surface area contributed by atoms with E-state index in [1.807, 2.05) is 29.8 Å². The van der Waals surface area contributed by atoms with Gasteiger partial charge in [0.05, 0.1) is 29.2 Å². The van der Waals surface area contributed by atoms with Crippen molar-refractivity contribution in [2.45, 2.75) is 6.54 Å². The van der Waals surface area contributed by atoms with Gasteiger partial charge in [0.15, 0.2) is 0 Å². The Hall–Kier alpha value is -3.13. The summed E-state index contributed by atoms with van der Waals surface area (Å²) < 4.78 is 2.00. The van der Waals surface area contributed by atoms with Crippen molar-refractivity contribution in [2.75, 3.05) is 5.32 Å². The number of benzene rings is 2. The topological polar surface area (TPSA) is 70.7 Å². The molecular formula is C17H14N4O. The highest BCUT2D eigenvalue weighted by Crippen LogP contribution is 2.17. The quantitative estimate of drug-likeness (QED) is 0.750. The highest BCUT2D eigenvalue weighted by Gasteiger charge is 2.08. The predicted octanol–water partition coefficient (Wildman–Crippen LogP) is 2.87. The van der Waals surface area contributed by atoms with Crippen molar-refractivity contribution in [3.8, 4) is 6.07 Å². The van der Waals surface area contributed by atoms with Crippen LogP contribution in [0.3, 0.4) is 0 Å². The SMILES string of the molecule is Cn1c(CNc2ccc(C#N)cc2)nc2cc(C=O)ccc21. The van der Waals surface area contributed by atoms with E-state index >= 15 is 0 Å². The Bertz CT molecular complexity index is 872. The molecule has 3 aromatic rings. The van der Waals surface area contributed by atoms with Crippen molar-refractivity contribution in [2.24, 2.45) is 7.05 Å². The maximum absolute atomic E-state index is 10.8. The summed E-state index contributed by atoms with van der Waals surface area (Å²) in [6, 6.07) is 14.8. The number of anilines is 1. The van der Waals surface area contributed by atoms with Gasteiger partial charge in [0.2, 0.25) is 0 Å². The van der Waals surface area contributed by atoms with Crippen LogP contribution >= 0.6 is 0 Å². The molecular weight excluding hydrogens is 276 g/mol. The first kappa shape index (κ1) is 13.8. The first-order valence-corrected chi connectivity index (χ1v) is 6.86. The Morgan fingerprint density at radius 1 is 1.27 bits per heavy atom. The Balaban J connectivity index is 1.82. The van der Waals surface area contributed by atoms with Crippen molar-refractivity contribution >= 4 is 23.0 Å². The molecule has 0 unspecified atom stereocenters. The molecule has 3 rings (SSSR count). The molecule has 22 heavy (non-hydrogen) atoms. The van der Waals surface area contributed by atoms with E-state index < -0.39 is 0 Å². The van der Waals surface area contributed by atoms with Gasteiger partial charge in [-0.2, -0.15) is 5.26 Å². The molecule has 0 atom stereocenters. The fourth-order valence-corrected chi connectivity index (χ4v) is 2.34. The predicted molar refractivity (Wildman–Crippen MR) is 84.6 cm³/mol. The number of aromatic nitrogens is 2. The number of aryl methyl sites for hydroxylation is 1. The molecule has 5 heteroatoms. The lowest BCUT2D eigenvalue weighted by Gasteiger charge is -2.06. The van der Waals surface area contributed by atoms with Crippen LogP contribution in [0.2, 0.25) is 0 Å². The molecule has 0 spiro atoms. The van der Waals surface area contributed by atoms with Crippen LogP contribution in [0.1, 0.15) is 21.7 Å². The summed E-state index contributed by atoms with van der Waals surface area (Å²) in [6.07, 6.45) is 0.822. The van der Waals surface area contributed by atoms with Crippen molar-refractivity contribution in [3.63, 3.8) is 0 Å². The highest BCUT2D eigenvalue weighted by atomic mass is 16.1. The van der Waals surface area contributed by atoms with E-state index in [-0.39, 0.29) is 0 Å². The van der Waals surface area contributed by atoms with Gasteiger partial charge in [-0.15, -0.1) is 0 Å². The number of carbonyl (C=O) groups is 1. The second kappa shape index (κ2) is 5.70. The zero-order chi connectivity index (χ0) is 15.5. The Kier molecular flexibility index (Phi) is 3.58. The molecule has 0 aliphatic rings. The lowest BCUT2D eigenvalue weighted by atomic mass is 10.2. The highest BCUT2D eigenvalue weighted by molar-refractivity contribution is 5.85. The van der Waals surface area contributed by atoms with Crippen molar-refractivity contribution in [1.29, 1.82) is 5.26 Å². The number of hydrogen-bond acceptors (Lipinski definition) is 4. The summed E-state index contributed by atoms with van der Waals surface area (Å²) in [6.45, 7) is 0.563. The second-order valence-electron chi connectivity index (χ2n) is 5.00. The zero-order valence-electron chi connectivity index (χ0n) is 12.1. The molecule has 108 valence electrons. The number of nitrogens with one attached hydrogen (secondary N) is 1. The molecule has 0 saturated carbocycles. The molecule has 1 aromatic heterocycles. The maximum Gasteiger partial charge on any atom is 0.150 e. The molecule has 0 fully saturated rings. The van der Waals surface area contributed by atoms with Gasteiger partial charge in [-0.1, -0.05) is 0 Å². The molecule has 1 heterocycles. The lowest BCUT2D eigenvalue weighted by Crippen LogP contribution is -2.05. The van der Waals surface area contributed by atoms with Gasteiger partial charge in [-0.05, 0) is 42.5 Å². The number of aldehydes is 1. The number of nitrogens with zero attached hydrogens (tertiary/aromatic N) is 3. The van der Waals surface area contributed by atoms with E-state index in [0.29, 0.717) is 17.7 Å². The number of imidazole rings is 1. The average Bonchev–Trinajstić information content (AvgIpc) is 2.89. The second-order valence-corrected chi connectivity index (χ2v) is 5.00. The van der Waals surface area contributed by atoms with Crippen LogP contribution in [0.25, 0.3) is 11.0 Å². The fraction of sp³-hybridized carbons (Fsp3) is 0.118. The maximum atomic E-state index is 10.8. The van der Waals surface area contributed by atoms with Gasteiger partial charge in [0.25, 0.3) is 0 Å². The number of rotatable bonds is 4. The molecule has 0 bridgehead atoms. The summed E-state index contributed by atoms with van der Waals surface area (Å²) in [5.41, 5.74) is 3.98. The zero-order valence-corrected chi connectivity index (χ0v) is 12.1. The van der Waals surface area contributed by atoms with Gasteiger partial charge in [0, 0.05) is 18.3 Å². The first-order chi connectivity index (χ1) is 10.7. The van der Waals surface area contributed by atoms with Crippen LogP contribution in [0, 0.1) is 11.3 Å². The third kappa shape index (κ3) is 2.54. The van der Waals surface area contributed by atoms with Crippen LogP contribution in [0.5, 0.6) is 0 Å². The molecule has 0 aliphatic carbocycles. The largest absolute Gasteiger partial charge is 0.378 e. The van der Waals surface area contributed by atoms with Gasteiger partial charge in [0.1, 0.15) is 12.1 Å². The molecule has 0 saturated heterocycles. The molecule has 2 aromatic carbocycles. The van der Waals surface area contributed by atoms with E-state index in [2.05, 4.69) is 16.4 Å². The number of fused-ring (bicyclic) bond motifs is 1. The Morgan fingerprint density at radius 3 is 2.73 bits per heavy atom. The number of carbonyl (C=O) groups excluding carboxylic acids is 1. The van der Waals surface area contributed by atoms with Gasteiger partial charge in [-0.3, -0.25) is 4.79 Å². The Morgan fingerprint density at radius 2 is 2.05 bits per heavy atom.